The second-order valence-corrected chi connectivity index (χ2v) is 5.49. The van der Waals surface area contributed by atoms with Gasteiger partial charge in [0.15, 0.2) is 0 Å². The van der Waals surface area contributed by atoms with E-state index in [9.17, 15) is 4.39 Å². The molecule has 1 rings (SSSR count). The number of hydrogen-bond donors (Lipinski definition) is 1. The molecule has 0 amide bonds. The molecule has 0 fully saturated rings. The molecule has 3 heteroatoms. The summed E-state index contributed by atoms with van der Waals surface area (Å²) < 4.78 is 12.9. The van der Waals surface area contributed by atoms with Gasteiger partial charge in [0, 0.05) is 17.4 Å². The molecule has 0 aliphatic carbocycles. The van der Waals surface area contributed by atoms with E-state index in [0.717, 1.165) is 18.5 Å². The molecule has 0 saturated heterocycles. The van der Waals surface area contributed by atoms with Crippen LogP contribution in [0, 0.1) is 5.82 Å². The minimum atomic E-state index is -0.171. The van der Waals surface area contributed by atoms with Gasteiger partial charge < -0.3 is 5.32 Å². The van der Waals surface area contributed by atoms with Crippen LogP contribution in [0.5, 0.6) is 0 Å². The molecule has 0 aliphatic rings. The van der Waals surface area contributed by atoms with E-state index < -0.39 is 0 Å². The molecule has 0 saturated carbocycles. The maximum absolute atomic E-state index is 12.9. The minimum absolute atomic E-state index is 0.171. The van der Waals surface area contributed by atoms with Crippen LogP contribution < -0.4 is 5.32 Å². The molecule has 0 aromatic heterocycles. The Morgan fingerprint density at radius 2 is 2.13 bits per heavy atom. The average molecular weight is 274 g/mol. The highest BCUT2D eigenvalue weighted by Crippen LogP contribution is 2.08. The molecule has 1 N–H and O–H groups in total. The lowest BCUT2D eigenvalue weighted by Crippen LogP contribution is -2.27. The summed E-state index contributed by atoms with van der Waals surface area (Å²) in [5.41, 5.74) is 0.990. The highest BCUT2D eigenvalue weighted by atomic mass is 79.9. The normalized spacial score (nSPS) is 14.9. The molecule has 0 aliphatic heterocycles. The predicted octanol–water partition coefficient (Wildman–Crippen LogP) is 3.48. The maximum atomic E-state index is 12.9. The number of rotatable bonds is 5. The van der Waals surface area contributed by atoms with Crippen molar-refractivity contribution in [2.24, 2.45) is 0 Å². The standard InChI is InChI=1S/C12H17BrFN/c1-9(13)6-10(2)15-8-11-4-3-5-12(14)7-11/h3-5,7,9-10,15H,6,8H2,1-2H3. The van der Waals surface area contributed by atoms with E-state index in [1.807, 2.05) is 6.07 Å². The van der Waals surface area contributed by atoms with Crippen molar-refractivity contribution < 1.29 is 4.39 Å². The quantitative estimate of drug-likeness (QED) is 0.811. The number of halogens is 2. The van der Waals surface area contributed by atoms with Crippen molar-refractivity contribution in [1.82, 2.24) is 5.32 Å². The summed E-state index contributed by atoms with van der Waals surface area (Å²) in [6.07, 6.45) is 1.06. The van der Waals surface area contributed by atoms with Gasteiger partial charge in [0.05, 0.1) is 0 Å². The highest BCUT2D eigenvalue weighted by Gasteiger charge is 2.05. The van der Waals surface area contributed by atoms with Crippen LogP contribution in [-0.2, 0) is 6.54 Å². The Morgan fingerprint density at radius 3 is 2.73 bits per heavy atom. The molecule has 1 aromatic rings. The first kappa shape index (κ1) is 12.7. The number of nitrogens with one attached hydrogen (secondary N) is 1. The Morgan fingerprint density at radius 1 is 1.40 bits per heavy atom. The van der Waals surface area contributed by atoms with E-state index in [1.54, 1.807) is 12.1 Å². The first-order valence-electron chi connectivity index (χ1n) is 5.20. The average Bonchev–Trinajstić information content (AvgIpc) is 2.14. The van der Waals surface area contributed by atoms with Gasteiger partial charge in [-0.15, -0.1) is 0 Å². The van der Waals surface area contributed by atoms with Crippen molar-refractivity contribution in [1.29, 1.82) is 0 Å². The fourth-order valence-corrected chi connectivity index (χ4v) is 2.07. The van der Waals surface area contributed by atoms with Crippen LogP contribution in [0.15, 0.2) is 24.3 Å². The van der Waals surface area contributed by atoms with Crippen LogP contribution in [0.4, 0.5) is 4.39 Å². The summed E-state index contributed by atoms with van der Waals surface area (Å²) in [6, 6.07) is 7.14. The molecule has 0 bridgehead atoms. The van der Waals surface area contributed by atoms with E-state index in [1.165, 1.54) is 6.07 Å². The fourth-order valence-electron chi connectivity index (χ4n) is 1.51. The number of alkyl halides is 1. The van der Waals surface area contributed by atoms with Crippen LogP contribution in [0.3, 0.4) is 0 Å². The second-order valence-electron chi connectivity index (χ2n) is 3.93. The van der Waals surface area contributed by atoms with Crippen LogP contribution in [0.2, 0.25) is 0 Å². The van der Waals surface area contributed by atoms with Gasteiger partial charge in [-0.3, -0.25) is 0 Å². The molecule has 1 aromatic carbocycles. The van der Waals surface area contributed by atoms with Gasteiger partial charge in [0.25, 0.3) is 0 Å². The van der Waals surface area contributed by atoms with Gasteiger partial charge in [0.1, 0.15) is 5.82 Å². The zero-order valence-corrected chi connectivity index (χ0v) is 10.7. The largest absolute Gasteiger partial charge is 0.310 e. The maximum Gasteiger partial charge on any atom is 0.123 e. The summed E-state index contributed by atoms with van der Waals surface area (Å²) in [4.78, 5) is 0.507. The Balaban J connectivity index is 2.36. The Labute approximate surface area is 99.2 Å². The van der Waals surface area contributed by atoms with Crippen molar-refractivity contribution in [3.05, 3.63) is 35.6 Å². The molecule has 15 heavy (non-hydrogen) atoms. The van der Waals surface area contributed by atoms with Gasteiger partial charge in [-0.05, 0) is 31.0 Å². The monoisotopic (exact) mass is 273 g/mol. The van der Waals surface area contributed by atoms with Crippen LogP contribution in [-0.4, -0.2) is 10.9 Å². The van der Waals surface area contributed by atoms with Crippen molar-refractivity contribution in [2.75, 3.05) is 0 Å². The first-order chi connectivity index (χ1) is 7.08. The summed E-state index contributed by atoms with van der Waals surface area (Å²) >= 11 is 3.51. The smallest absolute Gasteiger partial charge is 0.123 e. The molecule has 1 nitrogen and oxygen atoms in total. The molecule has 2 unspecified atom stereocenters. The molecule has 2 atom stereocenters. The lowest BCUT2D eigenvalue weighted by atomic mass is 10.1. The summed E-state index contributed by atoms with van der Waals surface area (Å²) in [7, 11) is 0. The van der Waals surface area contributed by atoms with Crippen LogP contribution >= 0.6 is 15.9 Å². The lowest BCUT2D eigenvalue weighted by Gasteiger charge is -2.15. The van der Waals surface area contributed by atoms with Gasteiger partial charge in [-0.25, -0.2) is 4.39 Å². The third-order valence-corrected chi connectivity index (χ3v) is 2.60. The number of hydrogen-bond acceptors (Lipinski definition) is 1. The van der Waals surface area contributed by atoms with Crippen molar-refractivity contribution in [3.8, 4) is 0 Å². The van der Waals surface area contributed by atoms with Gasteiger partial charge in [-0.2, -0.15) is 0 Å². The Kier molecular flexibility index (Phi) is 5.26. The summed E-state index contributed by atoms with van der Waals surface area (Å²) in [5, 5.41) is 3.36. The zero-order chi connectivity index (χ0) is 11.3. The van der Waals surface area contributed by atoms with Crippen molar-refractivity contribution >= 4 is 15.9 Å². The topological polar surface area (TPSA) is 12.0 Å². The van der Waals surface area contributed by atoms with E-state index in [2.05, 4.69) is 35.1 Å². The highest BCUT2D eigenvalue weighted by molar-refractivity contribution is 9.09. The zero-order valence-electron chi connectivity index (χ0n) is 9.13. The summed E-state index contributed by atoms with van der Waals surface area (Å²) in [6.45, 7) is 4.98. The minimum Gasteiger partial charge on any atom is -0.310 e. The first-order valence-corrected chi connectivity index (χ1v) is 6.11. The SMILES string of the molecule is CC(Br)CC(C)NCc1cccc(F)c1. The van der Waals surface area contributed by atoms with Gasteiger partial charge in [0.2, 0.25) is 0 Å². The van der Waals surface area contributed by atoms with E-state index in [-0.39, 0.29) is 5.82 Å². The van der Waals surface area contributed by atoms with E-state index in [0.29, 0.717) is 10.9 Å². The van der Waals surface area contributed by atoms with Crippen molar-refractivity contribution in [2.45, 2.75) is 37.7 Å². The molecule has 84 valence electrons. The summed E-state index contributed by atoms with van der Waals surface area (Å²) in [5.74, 6) is -0.171. The molecule has 0 radical (unpaired) electrons. The number of benzene rings is 1. The Bertz CT molecular complexity index is 301. The second kappa shape index (κ2) is 6.23. The lowest BCUT2D eigenvalue weighted by molar-refractivity contribution is 0.514. The van der Waals surface area contributed by atoms with E-state index >= 15 is 0 Å². The van der Waals surface area contributed by atoms with Crippen LogP contribution in [0.1, 0.15) is 25.8 Å². The van der Waals surface area contributed by atoms with E-state index in [4.69, 9.17) is 0 Å². The van der Waals surface area contributed by atoms with Crippen molar-refractivity contribution in [3.63, 3.8) is 0 Å². The molecular weight excluding hydrogens is 257 g/mol. The third kappa shape index (κ3) is 5.28. The van der Waals surface area contributed by atoms with Gasteiger partial charge >= 0.3 is 0 Å². The molecule has 0 heterocycles. The third-order valence-electron chi connectivity index (χ3n) is 2.22. The predicted molar refractivity (Wildman–Crippen MR) is 65.7 cm³/mol. The fraction of sp³-hybridized carbons (Fsp3) is 0.500. The van der Waals surface area contributed by atoms with Gasteiger partial charge in [-0.1, -0.05) is 35.0 Å². The Hall–Kier alpha value is -0.410. The van der Waals surface area contributed by atoms with Crippen LogP contribution in [0.25, 0.3) is 0 Å². The molecular formula is C12H17BrFN. The molecule has 0 spiro atoms.